The summed E-state index contributed by atoms with van der Waals surface area (Å²) < 4.78 is 0.213. The number of nitrogens with two attached hydrogens (primary N) is 1. The highest BCUT2D eigenvalue weighted by molar-refractivity contribution is 8.00. The predicted molar refractivity (Wildman–Crippen MR) is 73.0 cm³/mol. The Bertz CT molecular complexity index is 293. The second kappa shape index (κ2) is 5.19. The van der Waals surface area contributed by atoms with Gasteiger partial charge in [0.25, 0.3) is 0 Å². The quantitative estimate of drug-likeness (QED) is 0.818. The topological polar surface area (TPSA) is 46.3 Å². The van der Waals surface area contributed by atoms with E-state index in [1.807, 2.05) is 11.8 Å². The number of amides is 1. The van der Waals surface area contributed by atoms with Gasteiger partial charge < -0.3 is 10.6 Å². The van der Waals surface area contributed by atoms with E-state index in [2.05, 4.69) is 18.7 Å². The first-order valence-corrected chi connectivity index (χ1v) is 7.65. The zero-order chi connectivity index (χ0) is 12.5. The van der Waals surface area contributed by atoms with Crippen LogP contribution in [0.15, 0.2) is 0 Å². The van der Waals surface area contributed by atoms with Crippen LogP contribution in [0.3, 0.4) is 0 Å². The van der Waals surface area contributed by atoms with Crippen molar-refractivity contribution >= 4 is 17.7 Å². The summed E-state index contributed by atoms with van der Waals surface area (Å²) in [5, 5.41) is 0. The van der Waals surface area contributed by atoms with Gasteiger partial charge >= 0.3 is 0 Å². The van der Waals surface area contributed by atoms with Crippen LogP contribution in [0.2, 0.25) is 0 Å². The Kier molecular flexibility index (Phi) is 4.03. The van der Waals surface area contributed by atoms with E-state index in [9.17, 15) is 4.79 Å². The molecule has 0 aromatic rings. The van der Waals surface area contributed by atoms with Crippen molar-refractivity contribution in [3.05, 3.63) is 0 Å². The van der Waals surface area contributed by atoms with Gasteiger partial charge in [-0.15, -0.1) is 0 Å². The van der Waals surface area contributed by atoms with E-state index in [0.717, 1.165) is 31.7 Å². The van der Waals surface area contributed by atoms with Crippen LogP contribution >= 0.6 is 11.8 Å². The molecule has 0 aromatic carbocycles. The summed E-state index contributed by atoms with van der Waals surface area (Å²) in [7, 11) is 0. The SMILES string of the molecule is CC1(C)CN(C(=O)[C@@H]2CCC[C@@H]2CN)CCS1. The van der Waals surface area contributed by atoms with Crippen molar-refractivity contribution < 1.29 is 4.79 Å². The summed E-state index contributed by atoms with van der Waals surface area (Å²) in [5.41, 5.74) is 5.77. The summed E-state index contributed by atoms with van der Waals surface area (Å²) in [6.45, 7) is 6.94. The Morgan fingerprint density at radius 1 is 1.47 bits per heavy atom. The molecular formula is C13H24N2OS. The third-order valence-corrected chi connectivity index (χ3v) is 5.31. The van der Waals surface area contributed by atoms with Crippen LogP contribution in [0.1, 0.15) is 33.1 Å². The highest BCUT2D eigenvalue weighted by Gasteiger charge is 2.37. The molecule has 0 unspecified atom stereocenters. The third-order valence-electron chi connectivity index (χ3n) is 4.02. The van der Waals surface area contributed by atoms with Crippen molar-refractivity contribution in [3.8, 4) is 0 Å². The van der Waals surface area contributed by atoms with Gasteiger partial charge in [0, 0.05) is 29.5 Å². The third kappa shape index (κ3) is 2.97. The summed E-state index contributed by atoms with van der Waals surface area (Å²) >= 11 is 1.97. The number of nitrogens with zero attached hydrogens (tertiary/aromatic N) is 1. The molecule has 1 aliphatic heterocycles. The van der Waals surface area contributed by atoms with E-state index < -0.39 is 0 Å². The van der Waals surface area contributed by atoms with Crippen LogP contribution in [-0.2, 0) is 4.79 Å². The highest BCUT2D eigenvalue weighted by Crippen LogP contribution is 2.35. The Balaban J connectivity index is 1.99. The van der Waals surface area contributed by atoms with Crippen molar-refractivity contribution in [2.24, 2.45) is 17.6 Å². The Morgan fingerprint density at radius 3 is 2.88 bits per heavy atom. The molecule has 3 nitrogen and oxygen atoms in total. The fourth-order valence-corrected chi connectivity index (χ4v) is 4.19. The lowest BCUT2D eigenvalue weighted by atomic mass is 9.94. The Labute approximate surface area is 108 Å². The number of hydrogen-bond donors (Lipinski definition) is 1. The average Bonchev–Trinajstić information content (AvgIpc) is 2.74. The minimum Gasteiger partial charge on any atom is -0.340 e. The van der Waals surface area contributed by atoms with Gasteiger partial charge in [-0.2, -0.15) is 11.8 Å². The number of rotatable bonds is 2. The molecular weight excluding hydrogens is 232 g/mol. The first kappa shape index (κ1) is 13.2. The van der Waals surface area contributed by atoms with E-state index in [4.69, 9.17) is 5.73 Å². The summed E-state index contributed by atoms with van der Waals surface area (Å²) in [5.74, 6) is 2.07. The van der Waals surface area contributed by atoms with Crippen molar-refractivity contribution in [2.75, 3.05) is 25.4 Å². The molecule has 1 saturated carbocycles. The maximum Gasteiger partial charge on any atom is 0.226 e. The molecule has 2 N–H and O–H groups in total. The number of hydrogen-bond acceptors (Lipinski definition) is 3. The van der Waals surface area contributed by atoms with Crippen LogP contribution in [0, 0.1) is 11.8 Å². The maximum atomic E-state index is 12.5. The van der Waals surface area contributed by atoms with Gasteiger partial charge in [0.05, 0.1) is 0 Å². The van der Waals surface area contributed by atoms with E-state index in [1.165, 1.54) is 6.42 Å². The Morgan fingerprint density at radius 2 is 2.24 bits per heavy atom. The Hall–Kier alpha value is -0.220. The van der Waals surface area contributed by atoms with Gasteiger partial charge in [-0.05, 0) is 39.2 Å². The normalized spacial score (nSPS) is 32.8. The van der Waals surface area contributed by atoms with Crippen LogP contribution < -0.4 is 5.73 Å². The van der Waals surface area contributed by atoms with E-state index in [1.54, 1.807) is 0 Å². The second-order valence-electron chi connectivity index (χ2n) is 5.90. The molecule has 0 spiro atoms. The summed E-state index contributed by atoms with van der Waals surface area (Å²) in [6, 6.07) is 0. The molecule has 0 radical (unpaired) electrons. The van der Waals surface area contributed by atoms with Crippen LogP contribution in [0.25, 0.3) is 0 Å². The predicted octanol–water partition coefficient (Wildman–Crippen LogP) is 1.72. The van der Waals surface area contributed by atoms with E-state index in [-0.39, 0.29) is 10.7 Å². The van der Waals surface area contributed by atoms with Crippen molar-refractivity contribution in [2.45, 2.75) is 37.9 Å². The summed E-state index contributed by atoms with van der Waals surface area (Å²) in [6.07, 6.45) is 3.36. The second-order valence-corrected chi connectivity index (χ2v) is 7.70. The first-order chi connectivity index (χ1) is 8.03. The van der Waals surface area contributed by atoms with E-state index in [0.29, 0.717) is 18.4 Å². The molecule has 1 saturated heterocycles. The van der Waals surface area contributed by atoms with Gasteiger partial charge in [-0.1, -0.05) is 6.42 Å². The standard InChI is InChI=1S/C13H24N2OS/c1-13(2)9-15(6-7-17-13)12(16)11-5-3-4-10(11)8-14/h10-11H,3-9,14H2,1-2H3/t10-,11-/m1/s1. The molecule has 1 heterocycles. The molecule has 17 heavy (non-hydrogen) atoms. The smallest absolute Gasteiger partial charge is 0.226 e. The van der Waals surface area contributed by atoms with Crippen LogP contribution in [0.4, 0.5) is 0 Å². The van der Waals surface area contributed by atoms with Crippen molar-refractivity contribution in [3.63, 3.8) is 0 Å². The van der Waals surface area contributed by atoms with Gasteiger partial charge in [-0.25, -0.2) is 0 Å². The zero-order valence-electron chi connectivity index (χ0n) is 10.9. The molecule has 0 bridgehead atoms. The molecule has 2 atom stereocenters. The van der Waals surface area contributed by atoms with Gasteiger partial charge in [0.15, 0.2) is 0 Å². The lowest BCUT2D eigenvalue weighted by Crippen LogP contribution is -2.49. The number of carbonyl (C=O) groups excluding carboxylic acids is 1. The molecule has 2 aliphatic rings. The van der Waals surface area contributed by atoms with Crippen LogP contribution in [0.5, 0.6) is 0 Å². The maximum absolute atomic E-state index is 12.5. The van der Waals surface area contributed by atoms with Gasteiger partial charge in [0.2, 0.25) is 5.91 Å². The van der Waals surface area contributed by atoms with Gasteiger partial charge in [0.1, 0.15) is 0 Å². The monoisotopic (exact) mass is 256 g/mol. The fraction of sp³-hybridized carbons (Fsp3) is 0.923. The number of thioether (sulfide) groups is 1. The molecule has 2 rings (SSSR count). The molecule has 98 valence electrons. The molecule has 2 fully saturated rings. The average molecular weight is 256 g/mol. The van der Waals surface area contributed by atoms with Crippen LogP contribution in [-0.4, -0.2) is 40.9 Å². The molecule has 4 heteroatoms. The highest BCUT2D eigenvalue weighted by atomic mass is 32.2. The minimum atomic E-state index is 0.207. The molecule has 1 aliphatic carbocycles. The molecule has 1 amide bonds. The summed E-state index contributed by atoms with van der Waals surface area (Å²) in [4.78, 5) is 14.6. The fourth-order valence-electron chi connectivity index (χ4n) is 3.08. The first-order valence-electron chi connectivity index (χ1n) is 6.66. The van der Waals surface area contributed by atoms with Crippen molar-refractivity contribution in [1.29, 1.82) is 0 Å². The molecule has 0 aromatic heterocycles. The van der Waals surface area contributed by atoms with Crippen molar-refractivity contribution in [1.82, 2.24) is 4.90 Å². The minimum absolute atomic E-state index is 0.207. The number of carbonyl (C=O) groups is 1. The van der Waals surface area contributed by atoms with E-state index >= 15 is 0 Å². The largest absolute Gasteiger partial charge is 0.340 e. The zero-order valence-corrected chi connectivity index (χ0v) is 11.8. The lowest BCUT2D eigenvalue weighted by molar-refractivity contribution is -0.136. The lowest BCUT2D eigenvalue weighted by Gasteiger charge is -2.39. The van der Waals surface area contributed by atoms with Gasteiger partial charge in [-0.3, -0.25) is 4.79 Å².